The zero-order chi connectivity index (χ0) is 11.6. The zero-order valence-electron chi connectivity index (χ0n) is 9.10. The Bertz CT molecular complexity index is 383. The smallest absolute Gasteiger partial charge is 0.106 e. The van der Waals surface area contributed by atoms with Gasteiger partial charge < -0.3 is 11.1 Å². The molecule has 0 aliphatic carbocycles. The van der Waals surface area contributed by atoms with E-state index >= 15 is 0 Å². The van der Waals surface area contributed by atoms with E-state index in [2.05, 4.69) is 42.0 Å². The predicted octanol–water partition coefficient (Wildman–Crippen LogP) is 3.29. The molecule has 1 rings (SSSR count). The molecular formula is C11H15BrN2S. The van der Waals surface area contributed by atoms with E-state index < -0.39 is 0 Å². The van der Waals surface area contributed by atoms with Gasteiger partial charge in [0, 0.05) is 21.3 Å². The number of hydrogen-bond donors (Lipinski definition) is 2. The quantitative estimate of drug-likeness (QED) is 0.820. The molecule has 0 aliphatic rings. The maximum atomic E-state index is 5.67. The Balaban J connectivity index is 3.12. The third-order valence-corrected chi connectivity index (χ3v) is 2.47. The number of nitrogens with one attached hydrogen (secondary N) is 1. The van der Waals surface area contributed by atoms with Crippen molar-refractivity contribution in [3.8, 4) is 0 Å². The van der Waals surface area contributed by atoms with Crippen molar-refractivity contribution in [2.75, 3.05) is 5.32 Å². The van der Waals surface area contributed by atoms with Crippen LogP contribution in [0.5, 0.6) is 0 Å². The van der Waals surface area contributed by atoms with E-state index in [1.54, 1.807) is 0 Å². The van der Waals surface area contributed by atoms with Gasteiger partial charge in [0.05, 0.1) is 0 Å². The Labute approximate surface area is 104 Å². The van der Waals surface area contributed by atoms with Gasteiger partial charge in [-0.25, -0.2) is 0 Å². The number of hydrogen-bond acceptors (Lipinski definition) is 2. The van der Waals surface area contributed by atoms with E-state index in [1.807, 2.05) is 18.2 Å². The van der Waals surface area contributed by atoms with Gasteiger partial charge in [-0.15, -0.1) is 0 Å². The van der Waals surface area contributed by atoms with Gasteiger partial charge in [0.1, 0.15) is 4.99 Å². The summed E-state index contributed by atoms with van der Waals surface area (Å²) in [5.74, 6) is 0. The molecule has 0 saturated heterocycles. The van der Waals surface area contributed by atoms with Gasteiger partial charge in [0.2, 0.25) is 0 Å². The summed E-state index contributed by atoms with van der Waals surface area (Å²) < 4.78 is 0.977. The number of benzene rings is 1. The lowest BCUT2D eigenvalue weighted by atomic mass is 10.1. The van der Waals surface area contributed by atoms with Crippen molar-refractivity contribution in [2.45, 2.75) is 26.3 Å². The summed E-state index contributed by atoms with van der Waals surface area (Å²) in [5.41, 5.74) is 7.51. The molecule has 0 heterocycles. The monoisotopic (exact) mass is 286 g/mol. The molecule has 0 unspecified atom stereocenters. The maximum absolute atomic E-state index is 5.67. The first-order chi connectivity index (χ1) is 6.79. The molecule has 3 N–H and O–H groups in total. The molecule has 0 fully saturated rings. The molecule has 15 heavy (non-hydrogen) atoms. The minimum absolute atomic E-state index is 0.00658. The van der Waals surface area contributed by atoms with Gasteiger partial charge >= 0.3 is 0 Å². The van der Waals surface area contributed by atoms with E-state index in [0.29, 0.717) is 4.99 Å². The van der Waals surface area contributed by atoms with Crippen molar-refractivity contribution in [1.82, 2.24) is 0 Å². The molecule has 0 saturated carbocycles. The summed E-state index contributed by atoms with van der Waals surface area (Å²) in [6, 6.07) is 5.87. The molecule has 0 spiro atoms. The molecule has 1 aromatic rings. The molecule has 0 aliphatic heterocycles. The second kappa shape index (κ2) is 4.49. The first-order valence-electron chi connectivity index (χ1n) is 4.67. The van der Waals surface area contributed by atoms with Crippen molar-refractivity contribution in [3.05, 3.63) is 28.2 Å². The molecule has 0 aromatic heterocycles. The molecule has 0 amide bonds. The SMILES string of the molecule is CC(C)(C)Nc1ccc(Br)cc1C(N)=S. The molecular weight excluding hydrogens is 272 g/mol. The largest absolute Gasteiger partial charge is 0.389 e. The van der Waals surface area contributed by atoms with E-state index in [1.165, 1.54) is 0 Å². The Morgan fingerprint density at radius 2 is 2.00 bits per heavy atom. The van der Waals surface area contributed by atoms with Crippen LogP contribution in [-0.2, 0) is 0 Å². The highest BCUT2D eigenvalue weighted by Gasteiger charge is 2.13. The van der Waals surface area contributed by atoms with Crippen molar-refractivity contribution < 1.29 is 0 Å². The van der Waals surface area contributed by atoms with E-state index in [-0.39, 0.29) is 5.54 Å². The highest BCUT2D eigenvalue weighted by atomic mass is 79.9. The second-order valence-corrected chi connectivity index (χ2v) is 5.78. The highest BCUT2D eigenvalue weighted by molar-refractivity contribution is 9.10. The molecule has 1 aromatic carbocycles. The van der Waals surface area contributed by atoms with E-state index in [0.717, 1.165) is 15.7 Å². The molecule has 4 heteroatoms. The minimum Gasteiger partial charge on any atom is -0.389 e. The molecule has 0 radical (unpaired) electrons. The van der Waals surface area contributed by atoms with Crippen LogP contribution in [0.4, 0.5) is 5.69 Å². The lowest BCUT2D eigenvalue weighted by Crippen LogP contribution is -2.27. The molecule has 0 atom stereocenters. The fourth-order valence-electron chi connectivity index (χ4n) is 1.23. The summed E-state index contributed by atoms with van der Waals surface area (Å²) >= 11 is 8.42. The first-order valence-corrected chi connectivity index (χ1v) is 5.87. The Morgan fingerprint density at radius 1 is 1.40 bits per heavy atom. The van der Waals surface area contributed by atoms with Crippen LogP contribution in [0, 0.1) is 0 Å². The van der Waals surface area contributed by atoms with Crippen LogP contribution in [0.25, 0.3) is 0 Å². The lowest BCUT2D eigenvalue weighted by molar-refractivity contribution is 0.634. The van der Waals surface area contributed by atoms with Crippen LogP contribution in [-0.4, -0.2) is 10.5 Å². The summed E-state index contributed by atoms with van der Waals surface area (Å²) in [6.45, 7) is 6.29. The second-order valence-electron chi connectivity index (χ2n) is 4.43. The number of halogens is 1. The lowest BCUT2D eigenvalue weighted by Gasteiger charge is -2.24. The Morgan fingerprint density at radius 3 is 2.47 bits per heavy atom. The van der Waals surface area contributed by atoms with E-state index in [4.69, 9.17) is 18.0 Å². The summed E-state index contributed by atoms with van der Waals surface area (Å²) in [4.78, 5) is 0.406. The van der Waals surface area contributed by atoms with Crippen molar-refractivity contribution >= 4 is 38.8 Å². The fourth-order valence-corrected chi connectivity index (χ4v) is 1.76. The number of nitrogens with two attached hydrogens (primary N) is 1. The van der Waals surface area contributed by atoms with Gasteiger partial charge in [-0.05, 0) is 39.0 Å². The van der Waals surface area contributed by atoms with Crippen molar-refractivity contribution in [3.63, 3.8) is 0 Å². The van der Waals surface area contributed by atoms with Gasteiger partial charge in [0.25, 0.3) is 0 Å². The van der Waals surface area contributed by atoms with E-state index in [9.17, 15) is 0 Å². The normalized spacial score (nSPS) is 11.2. The number of anilines is 1. The molecule has 82 valence electrons. The average molecular weight is 287 g/mol. The van der Waals surface area contributed by atoms with Gasteiger partial charge in [-0.2, -0.15) is 0 Å². The van der Waals surface area contributed by atoms with Gasteiger partial charge in [0.15, 0.2) is 0 Å². The fraction of sp³-hybridized carbons (Fsp3) is 0.364. The van der Waals surface area contributed by atoms with Gasteiger partial charge in [-0.1, -0.05) is 28.1 Å². The summed E-state index contributed by atoms with van der Waals surface area (Å²) in [7, 11) is 0. The van der Waals surface area contributed by atoms with Crippen LogP contribution < -0.4 is 11.1 Å². The number of rotatable bonds is 2. The van der Waals surface area contributed by atoms with Crippen LogP contribution in [0.15, 0.2) is 22.7 Å². The van der Waals surface area contributed by atoms with Crippen LogP contribution >= 0.6 is 28.1 Å². The average Bonchev–Trinajstić information content (AvgIpc) is 2.05. The third kappa shape index (κ3) is 3.80. The summed E-state index contributed by atoms with van der Waals surface area (Å²) in [6.07, 6.45) is 0. The molecule has 0 bridgehead atoms. The predicted molar refractivity (Wildman–Crippen MR) is 73.4 cm³/mol. The van der Waals surface area contributed by atoms with Crippen LogP contribution in [0.3, 0.4) is 0 Å². The minimum atomic E-state index is -0.00658. The Hall–Kier alpha value is -0.610. The molecule has 2 nitrogen and oxygen atoms in total. The van der Waals surface area contributed by atoms with Gasteiger partial charge in [-0.3, -0.25) is 0 Å². The third-order valence-electron chi connectivity index (χ3n) is 1.76. The van der Waals surface area contributed by atoms with Crippen LogP contribution in [0.1, 0.15) is 26.3 Å². The van der Waals surface area contributed by atoms with Crippen LogP contribution in [0.2, 0.25) is 0 Å². The number of thiocarbonyl (C=S) groups is 1. The van der Waals surface area contributed by atoms with Crippen molar-refractivity contribution in [1.29, 1.82) is 0 Å². The zero-order valence-corrected chi connectivity index (χ0v) is 11.5. The van der Waals surface area contributed by atoms with Crippen molar-refractivity contribution in [2.24, 2.45) is 5.73 Å². The Kier molecular flexibility index (Phi) is 3.73. The maximum Gasteiger partial charge on any atom is 0.106 e. The summed E-state index contributed by atoms with van der Waals surface area (Å²) in [5, 5.41) is 3.37. The first kappa shape index (κ1) is 12.5. The highest BCUT2D eigenvalue weighted by Crippen LogP contribution is 2.23. The standard InChI is InChI=1S/C11H15BrN2S/c1-11(2,3)14-9-5-4-7(12)6-8(9)10(13)15/h4-6,14H,1-3H3,(H2,13,15). The topological polar surface area (TPSA) is 38.0 Å².